The van der Waals surface area contributed by atoms with E-state index in [0.717, 1.165) is 36.1 Å². The normalized spacial score (nSPS) is 13.2. The molecule has 152 valence electrons. The highest BCUT2D eigenvalue weighted by Gasteiger charge is 2.20. The molecule has 9 heteroatoms. The number of carbonyl (C=O) groups is 2. The second kappa shape index (κ2) is 8.60. The number of furan rings is 1. The van der Waals surface area contributed by atoms with Crippen molar-refractivity contribution in [3.63, 3.8) is 0 Å². The Morgan fingerprint density at radius 2 is 2.07 bits per heavy atom. The Morgan fingerprint density at radius 3 is 2.90 bits per heavy atom. The molecular formula is C20H22N4O4S. The SMILES string of the molecule is O=C(CCn1cnc2sc3c(c2c1=O)CCCC3)NCC(=O)NCc1ccco1. The molecule has 4 rings (SSSR count). The molecule has 29 heavy (non-hydrogen) atoms. The van der Waals surface area contributed by atoms with E-state index in [1.807, 2.05) is 0 Å². The largest absolute Gasteiger partial charge is 0.467 e. The second-order valence-electron chi connectivity index (χ2n) is 7.02. The molecule has 8 nitrogen and oxygen atoms in total. The number of carbonyl (C=O) groups excluding carboxylic acids is 2. The van der Waals surface area contributed by atoms with Gasteiger partial charge in [0.05, 0.1) is 31.1 Å². The molecule has 0 unspecified atom stereocenters. The maximum atomic E-state index is 12.9. The number of nitrogens with zero attached hydrogens (tertiary/aromatic N) is 2. The summed E-state index contributed by atoms with van der Waals surface area (Å²) in [5, 5.41) is 5.94. The Hall–Kier alpha value is -2.94. The van der Waals surface area contributed by atoms with Gasteiger partial charge in [0.25, 0.3) is 5.56 Å². The van der Waals surface area contributed by atoms with Crippen molar-refractivity contribution in [1.82, 2.24) is 20.2 Å². The second-order valence-corrected chi connectivity index (χ2v) is 8.10. The molecule has 0 saturated carbocycles. The Morgan fingerprint density at radius 1 is 1.21 bits per heavy atom. The molecule has 0 bridgehead atoms. The lowest BCUT2D eigenvalue weighted by Crippen LogP contribution is -2.37. The van der Waals surface area contributed by atoms with Gasteiger partial charge in [0.1, 0.15) is 10.6 Å². The highest BCUT2D eigenvalue weighted by Crippen LogP contribution is 2.33. The topological polar surface area (TPSA) is 106 Å². The number of hydrogen-bond donors (Lipinski definition) is 2. The summed E-state index contributed by atoms with van der Waals surface area (Å²) in [6.45, 7) is 0.379. The van der Waals surface area contributed by atoms with E-state index in [9.17, 15) is 14.4 Å². The Balaban J connectivity index is 1.31. The zero-order chi connectivity index (χ0) is 20.2. The third-order valence-corrected chi connectivity index (χ3v) is 6.21. The van der Waals surface area contributed by atoms with Crippen LogP contribution in [0.3, 0.4) is 0 Å². The first-order chi connectivity index (χ1) is 14.1. The summed E-state index contributed by atoms with van der Waals surface area (Å²) in [5.74, 6) is 0.0416. The van der Waals surface area contributed by atoms with Gasteiger partial charge in [0.15, 0.2) is 0 Å². The number of aryl methyl sites for hydroxylation is 3. The fourth-order valence-electron chi connectivity index (χ4n) is 3.49. The Kier molecular flexibility index (Phi) is 5.75. The van der Waals surface area contributed by atoms with E-state index in [1.165, 1.54) is 22.0 Å². The van der Waals surface area contributed by atoms with Crippen molar-refractivity contribution in [3.8, 4) is 0 Å². The predicted molar refractivity (Wildman–Crippen MR) is 109 cm³/mol. The zero-order valence-electron chi connectivity index (χ0n) is 15.9. The molecule has 1 aliphatic rings. The smallest absolute Gasteiger partial charge is 0.262 e. The summed E-state index contributed by atoms with van der Waals surface area (Å²) in [5.41, 5.74) is 1.05. The van der Waals surface area contributed by atoms with Gasteiger partial charge in [-0.3, -0.25) is 19.0 Å². The summed E-state index contributed by atoms with van der Waals surface area (Å²) in [4.78, 5) is 43.2. The molecule has 3 aromatic rings. The molecular weight excluding hydrogens is 392 g/mol. The van der Waals surface area contributed by atoms with E-state index in [2.05, 4.69) is 15.6 Å². The van der Waals surface area contributed by atoms with Crippen LogP contribution in [0.1, 0.15) is 35.5 Å². The van der Waals surface area contributed by atoms with Gasteiger partial charge in [-0.2, -0.15) is 0 Å². The van der Waals surface area contributed by atoms with Crippen LogP contribution < -0.4 is 16.2 Å². The average molecular weight is 414 g/mol. The van der Waals surface area contributed by atoms with Gasteiger partial charge in [-0.05, 0) is 43.4 Å². The van der Waals surface area contributed by atoms with Crippen LogP contribution in [-0.4, -0.2) is 27.9 Å². The number of aromatic nitrogens is 2. The fourth-order valence-corrected chi connectivity index (χ4v) is 4.71. The molecule has 3 aromatic heterocycles. The zero-order valence-corrected chi connectivity index (χ0v) is 16.7. The molecule has 0 atom stereocenters. The van der Waals surface area contributed by atoms with E-state index < -0.39 is 0 Å². The summed E-state index contributed by atoms with van der Waals surface area (Å²) in [6, 6.07) is 3.50. The molecule has 0 radical (unpaired) electrons. The average Bonchev–Trinajstić information content (AvgIpc) is 3.37. The van der Waals surface area contributed by atoms with Crippen LogP contribution in [0.15, 0.2) is 33.9 Å². The van der Waals surface area contributed by atoms with Gasteiger partial charge in [0.2, 0.25) is 11.8 Å². The van der Waals surface area contributed by atoms with Crippen LogP contribution in [-0.2, 0) is 35.5 Å². The van der Waals surface area contributed by atoms with Crippen molar-refractivity contribution in [2.24, 2.45) is 0 Å². The summed E-state index contributed by atoms with van der Waals surface area (Å²) in [6.07, 6.45) is 7.33. The summed E-state index contributed by atoms with van der Waals surface area (Å²) in [7, 11) is 0. The van der Waals surface area contributed by atoms with Crippen molar-refractivity contribution in [1.29, 1.82) is 0 Å². The van der Waals surface area contributed by atoms with Gasteiger partial charge in [-0.15, -0.1) is 11.3 Å². The number of amides is 2. The molecule has 0 aliphatic heterocycles. The minimum absolute atomic E-state index is 0.0848. The highest BCUT2D eigenvalue weighted by atomic mass is 32.1. The molecule has 0 fully saturated rings. The summed E-state index contributed by atoms with van der Waals surface area (Å²) >= 11 is 1.61. The predicted octanol–water partition coefficient (Wildman–Crippen LogP) is 1.75. The Labute approximate surface area is 170 Å². The minimum atomic E-state index is -0.306. The molecule has 0 spiro atoms. The standard InChI is InChI=1S/C20H22N4O4S/c25-16(22-11-17(26)21-10-13-4-3-9-28-13)7-8-24-12-23-19-18(20(24)27)14-5-1-2-6-15(14)29-19/h3-4,9,12H,1-2,5-8,10-11H2,(H,21,26)(H,22,25). The number of thiophene rings is 1. The first-order valence-corrected chi connectivity index (χ1v) is 10.5. The lowest BCUT2D eigenvalue weighted by molar-refractivity contribution is -0.126. The van der Waals surface area contributed by atoms with Crippen LogP contribution >= 0.6 is 11.3 Å². The van der Waals surface area contributed by atoms with E-state index >= 15 is 0 Å². The quantitative estimate of drug-likeness (QED) is 0.613. The third-order valence-electron chi connectivity index (χ3n) is 5.01. The van der Waals surface area contributed by atoms with Gasteiger partial charge < -0.3 is 15.1 Å². The number of rotatable bonds is 7. The molecule has 2 N–H and O–H groups in total. The van der Waals surface area contributed by atoms with Crippen LogP contribution in [0, 0.1) is 0 Å². The molecule has 3 heterocycles. The molecule has 2 amide bonds. The maximum Gasteiger partial charge on any atom is 0.262 e. The van der Waals surface area contributed by atoms with Crippen molar-refractivity contribution in [2.45, 2.75) is 45.2 Å². The third kappa shape index (κ3) is 4.40. The van der Waals surface area contributed by atoms with Gasteiger partial charge in [-0.1, -0.05) is 0 Å². The summed E-state index contributed by atoms with van der Waals surface area (Å²) < 4.78 is 6.61. The lowest BCUT2D eigenvalue weighted by atomic mass is 9.97. The van der Waals surface area contributed by atoms with Crippen LogP contribution in [0.5, 0.6) is 0 Å². The maximum absolute atomic E-state index is 12.9. The first kappa shape index (κ1) is 19.4. The Bertz CT molecular complexity index is 1080. The number of hydrogen-bond acceptors (Lipinski definition) is 6. The molecule has 0 aromatic carbocycles. The van der Waals surface area contributed by atoms with E-state index in [-0.39, 0.29) is 43.4 Å². The molecule has 1 aliphatic carbocycles. The van der Waals surface area contributed by atoms with E-state index in [4.69, 9.17) is 4.42 Å². The van der Waals surface area contributed by atoms with Crippen molar-refractivity contribution >= 4 is 33.4 Å². The van der Waals surface area contributed by atoms with Crippen LogP contribution in [0.2, 0.25) is 0 Å². The lowest BCUT2D eigenvalue weighted by Gasteiger charge is -2.10. The minimum Gasteiger partial charge on any atom is -0.467 e. The van der Waals surface area contributed by atoms with E-state index in [0.29, 0.717) is 11.1 Å². The van der Waals surface area contributed by atoms with Crippen molar-refractivity contribution < 1.29 is 14.0 Å². The van der Waals surface area contributed by atoms with Gasteiger partial charge in [-0.25, -0.2) is 4.98 Å². The number of fused-ring (bicyclic) bond motifs is 3. The van der Waals surface area contributed by atoms with Crippen molar-refractivity contribution in [3.05, 3.63) is 51.3 Å². The number of nitrogens with one attached hydrogen (secondary N) is 2. The van der Waals surface area contributed by atoms with Crippen LogP contribution in [0.4, 0.5) is 0 Å². The molecule has 0 saturated heterocycles. The van der Waals surface area contributed by atoms with E-state index in [1.54, 1.807) is 23.5 Å². The van der Waals surface area contributed by atoms with Gasteiger partial charge >= 0.3 is 0 Å². The fraction of sp³-hybridized carbons (Fsp3) is 0.400. The first-order valence-electron chi connectivity index (χ1n) is 9.67. The monoisotopic (exact) mass is 414 g/mol. The van der Waals surface area contributed by atoms with Gasteiger partial charge in [0, 0.05) is 17.8 Å². The highest BCUT2D eigenvalue weighted by molar-refractivity contribution is 7.18. The van der Waals surface area contributed by atoms with Crippen molar-refractivity contribution in [2.75, 3.05) is 6.54 Å². The van der Waals surface area contributed by atoms with Crippen LogP contribution in [0.25, 0.3) is 10.2 Å².